The molecule has 18 heavy (non-hydrogen) atoms. The van der Waals surface area contributed by atoms with Gasteiger partial charge in [-0.05, 0) is 36.8 Å². The summed E-state index contributed by atoms with van der Waals surface area (Å²) in [4.78, 5) is 12.7. The number of benzene rings is 1. The molecule has 1 aromatic carbocycles. The fourth-order valence-corrected chi connectivity index (χ4v) is 2.71. The average Bonchev–Trinajstić information content (AvgIpc) is 2.80. The molecule has 0 spiro atoms. The molecular weight excluding hydrogens is 268 g/mol. The van der Waals surface area contributed by atoms with Crippen molar-refractivity contribution in [3.05, 3.63) is 50.7 Å². The number of halogens is 1. The molecule has 1 aromatic heterocycles. The summed E-state index contributed by atoms with van der Waals surface area (Å²) in [7, 11) is 0. The number of carbonyl (C=O) groups is 1. The minimum atomic E-state index is 0.481. The molecule has 0 radical (unpaired) electrons. The van der Waals surface area contributed by atoms with Crippen LogP contribution in [0.4, 0.5) is 0 Å². The van der Waals surface area contributed by atoms with Gasteiger partial charge in [-0.3, -0.25) is 4.79 Å². The molecule has 0 saturated heterocycles. The Balaban J connectivity index is 2.07. The van der Waals surface area contributed by atoms with Gasteiger partial charge in [-0.2, -0.15) is 0 Å². The van der Waals surface area contributed by atoms with Crippen LogP contribution in [0.25, 0.3) is 0 Å². The highest BCUT2D eigenvalue weighted by atomic mass is 35.5. The van der Waals surface area contributed by atoms with Crippen LogP contribution in [0, 0.1) is 0 Å². The third kappa shape index (κ3) is 3.12. The number of ether oxygens (including phenoxy) is 1. The number of thiophene rings is 1. The minimum absolute atomic E-state index is 0.481. The second kappa shape index (κ2) is 6.03. The van der Waals surface area contributed by atoms with Crippen molar-refractivity contribution in [1.82, 2.24) is 0 Å². The molecule has 0 aliphatic carbocycles. The molecule has 0 aliphatic heterocycles. The van der Waals surface area contributed by atoms with E-state index in [0.29, 0.717) is 11.6 Å². The SMILES string of the molecule is CCc1sc(C=O)cc1COc1ccc(Cl)cc1. The van der Waals surface area contributed by atoms with E-state index in [0.717, 1.165) is 28.9 Å². The van der Waals surface area contributed by atoms with E-state index >= 15 is 0 Å². The summed E-state index contributed by atoms with van der Waals surface area (Å²) in [5, 5.41) is 0.690. The lowest BCUT2D eigenvalue weighted by Gasteiger charge is -2.06. The maximum absolute atomic E-state index is 10.8. The van der Waals surface area contributed by atoms with Crippen molar-refractivity contribution < 1.29 is 9.53 Å². The van der Waals surface area contributed by atoms with Gasteiger partial charge in [0.1, 0.15) is 12.4 Å². The van der Waals surface area contributed by atoms with Crippen molar-refractivity contribution in [2.75, 3.05) is 0 Å². The van der Waals surface area contributed by atoms with E-state index in [2.05, 4.69) is 6.92 Å². The van der Waals surface area contributed by atoms with E-state index in [-0.39, 0.29) is 0 Å². The van der Waals surface area contributed by atoms with Crippen LogP contribution in [-0.2, 0) is 13.0 Å². The third-order valence-corrected chi connectivity index (χ3v) is 4.06. The smallest absolute Gasteiger partial charge is 0.160 e. The largest absolute Gasteiger partial charge is 0.489 e. The van der Waals surface area contributed by atoms with Gasteiger partial charge in [-0.1, -0.05) is 18.5 Å². The van der Waals surface area contributed by atoms with E-state index in [9.17, 15) is 4.79 Å². The lowest BCUT2D eigenvalue weighted by molar-refractivity contribution is 0.112. The Morgan fingerprint density at radius 1 is 1.33 bits per heavy atom. The Kier molecular flexibility index (Phi) is 4.39. The molecule has 0 amide bonds. The summed E-state index contributed by atoms with van der Waals surface area (Å²) in [6.07, 6.45) is 1.80. The van der Waals surface area contributed by atoms with E-state index in [1.54, 1.807) is 12.1 Å². The van der Waals surface area contributed by atoms with E-state index < -0.39 is 0 Å². The lowest BCUT2D eigenvalue weighted by atomic mass is 10.2. The van der Waals surface area contributed by atoms with Crippen molar-refractivity contribution in [3.63, 3.8) is 0 Å². The first-order chi connectivity index (χ1) is 8.72. The molecule has 0 N–H and O–H groups in total. The minimum Gasteiger partial charge on any atom is -0.489 e. The van der Waals surface area contributed by atoms with Crippen molar-refractivity contribution in [2.45, 2.75) is 20.0 Å². The van der Waals surface area contributed by atoms with Crippen LogP contribution in [0.15, 0.2) is 30.3 Å². The highest BCUT2D eigenvalue weighted by Crippen LogP contribution is 2.24. The van der Waals surface area contributed by atoms with Crippen molar-refractivity contribution in [3.8, 4) is 5.75 Å². The fraction of sp³-hybridized carbons (Fsp3) is 0.214. The summed E-state index contributed by atoms with van der Waals surface area (Å²) in [5.41, 5.74) is 1.08. The predicted octanol–water partition coefficient (Wildman–Crippen LogP) is 4.36. The van der Waals surface area contributed by atoms with E-state index in [4.69, 9.17) is 16.3 Å². The summed E-state index contributed by atoms with van der Waals surface area (Å²) in [6.45, 7) is 2.56. The quantitative estimate of drug-likeness (QED) is 0.761. The van der Waals surface area contributed by atoms with Gasteiger partial charge < -0.3 is 4.74 Å². The average molecular weight is 281 g/mol. The highest BCUT2D eigenvalue weighted by molar-refractivity contribution is 7.13. The monoisotopic (exact) mass is 280 g/mol. The Hall–Kier alpha value is -1.32. The molecule has 4 heteroatoms. The van der Waals surface area contributed by atoms with Crippen LogP contribution < -0.4 is 4.74 Å². The Bertz CT molecular complexity index is 531. The summed E-state index contributed by atoms with van der Waals surface area (Å²) >= 11 is 7.33. The molecule has 2 rings (SSSR count). The second-order valence-corrected chi connectivity index (χ2v) is 5.42. The first-order valence-electron chi connectivity index (χ1n) is 5.68. The van der Waals surface area contributed by atoms with Crippen LogP contribution in [0.1, 0.15) is 27.0 Å². The zero-order chi connectivity index (χ0) is 13.0. The second-order valence-electron chi connectivity index (χ2n) is 3.81. The zero-order valence-corrected chi connectivity index (χ0v) is 11.6. The molecule has 0 bridgehead atoms. The standard InChI is InChI=1S/C14H13ClO2S/c1-2-14-10(7-13(8-16)18-14)9-17-12-5-3-11(15)4-6-12/h3-8H,2,9H2,1H3. The van der Waals surface area contributed by atoms with Crippen molar-refractivity contribution in [2.24, 2.45) is 0 Å². The van der Waals surface area contributed by atoms with Gasteiger partial charge in [0, 0.05) is 15.5 Å². The zero-order valence-electron chi connectivity index (χ0n) is 9.98. The number of aldehydes is 1. The van der Waals surface area contributed by atoms with Crippen LogP contribution in [0.5, 0.6) is 5.75 Å². The maximum atomic E-state index is 10.8. The summed E-state index contributed by atoms with van der Waals surface area (Å²) in [6, 6.07) is 9.15. The predicted molar refractivity (Wildman–Crippen MR) is 74.9 cm³/mol. The van der Waals surface area contributed by atoms with Crippen LogP contribution >= 0.6 is 22.9 Å². The van der Waals surface area contributed by atoms with E-state index in [1.165, 1.54) is 16.2 Å². The molecule has 0 saturated carbocycles. The van der Waals surface area contributed by atoms with Gasteiger partial charge in [-0.15, -0.1) is 11.3 Å². The van der Waals surface area contributed by atoms with Crippen LogP contribution in [0.3, 0.4) is 0 Å². The number of hydrogen-bond acceptors (Lipinski definition) is 3. The first-order valence-corrected chi connectivity index (χ1v) is 6.87. The van der Waals surface area contributed by atoms with Gasteiger partial charge in [0.15, 0.2) is 6.29 Å². The topological polar surface area (TPSA) is 26.3 Å². The molecule has 0 unspecified atom stereocenters. The normalized spacial score (nSPS) is 10.3. The molecule has 94 valence electrons. The van der Waals surface area contributed by atoms with Gasteiger partial charge in [0.05, 0.1) is 4.88 Å². The summed E-state index contributed by atoms with van der Waals surface area (Å²) in [5.74, 6) is 0.778. The Morgan fingerprint density at radius 2 is 2.06 bits per heavy atom. The molecular formula is C14H13ClO2S. The molecule has 2 nitrogen and oxygen atoms in total. The van der Waals surface area contributed by atoms with Gasteiger partial charge in [0.2, 0.25) is 0 Å². The maximum Gasteiger partial charge on any atom is 0.160 e. The summed E-state index contributed by atoms with van der Waals surface area (Å²) < 4.78 is 5.68. The number of carbonyl (C=O) groups excluding carboxylic acids is 1. The number of aryl methyl sites for hydroxylation is 1. The highest BCUT2D eigenvalue weighted by Gasteiger charge is 2.07. The Morgan fingerprint density at radius 3 is 2.67 bits per heavy atom. The molecule has 0 atom stereocenters. The van der Waals surface area contributed by atoms with Gasteiger partial charge >= 0.3 is 0 Å². The molecule has 1 heterocycles. The number of rotatable bonds is 5. The molecule has 0 fully saturated rings. The van der Waals surface area contributed by atoms with Crippen molar-refractivity contribution in [1.29, 1.82) is 0 Å². The van der Waals surface area contributed by atoms with Crippen LogP contribution in [-0.4, -0.2) is 6.29 Å². The Labute approximate surface area is 115 Å². The van der Waals surface area contributed by atoms with Gasteiger partial charge in [-0.25, -0.2) is 0 Å². The molecule has 0 aliphatic rings. The first kappa shape index (κ1) is 13.1. The third-order valence-electron chi connectivity index (χ3n) is 2.56. The lowest BCUT2D eigenvalue weighted by Crippen LogP contribution is -1.96. The van der Waals surface area contributed by atoms with Crippen LogP contribution in [0.2, 0.25) is 5.02 Å². The fourth-order valence-electron chi connectivity index (χ4n) is 1.66. The number of hydrogen-bond donors (Lipinski definition) is 0. The van der Waals surface area contributed by atoms with E-state index in [1.807, 2.05) is 18.2 Å². The van der Waals surface area contributed by atoms with Gasteiger partial charge in [0.25, 0.3) is 0 Å². The molecule has 2 aromatic rings. The van der Waals surface area contributed by atoms with Crippen molar-refractivity contribution >= 4 is 29.2 Å².